The molecule has 31 heavy (non-hydrogen) atoms. The van der Waals surface area contributed by atoms with Crippen molar-refractivity contribution in [2.24, 2.45) is 5.92 Å². The molecular weight excluding hydrogens is 483 g/mol. The maximum atomic E-state index is 12.3. The summed E-state index contributed by atoms with van der Waals surface area (Å²) in [7, 11) is 3.04. The predicted molar refractivity (Wildman–Crippen MR) is 115 cm³/mol. The van der Waals surface area contributed by atoms with Crippen LogP contribution >= 0.6 is 33.2 Å². The molecule has 1 unspecified atom stereocenters. The maximum absolute atomic E-state index is 12.3. The molecule has 0 radical (unpaired) electrons. The Hall–Kier alpha value is -1.79. The monoisotopic (exact) mass is 505 g/mol. The van der Waals surface area contributed by atoms with Crippen molar-refractivity contribution in [1.82, 2.24) is 5.32 Å². The highest BCUT2D eigenvalue weighted by Crippen LogP contribution is 2.21. The van der Waals surface area contributed by atoms with Crippen molar-refractivity contribution in [2.45, 2.75) is 32.5 Å². The molecule has 7 nitrogen and oxygen atoms in total. The number of carbonyl (C=O) groups is 3. The van der Waals surface area contributed by atoms with Gasteiger partial charge in [-0.2, -0.15) is 13.2 Å². The van der Waals surface area contributed by atoms with E-state index in [9.17, 15) is 22.8 Å². The van der Waals surface area contributed by atoms with Gasteiger partial charge >= 0.3 is 18.1 Å². The molecule has 0 spiro atoms. The summed E-state index contributed by atoms with van der Waals surface area (Å²) < 4.78 is 37.5. The lowest BCUT2D eigenvalue weighted by Gasteiger charge is -2.21. The Bertz CT molecular complexity index is 705. The van der Waals surface area contributed by atoms with Crippen molar-refractivity contribution < 1.29 is 42.5 Å². The van der Waals surface area contributed by atoms with Gasteiger partial charge in [0.2, 0.25) is 0 Å². The van der Waals surface area contributed by atoms with Crippen LogP contribution in [-0.2, 0) is 14.4 Å². The van der Waals surface area contributed by atoms with Gasteiger partial charge < -0.3 is 20.3 Å². The third kappa shape index (κ3) is 14.8. The number of carbonyl (C=O) groups excluding carboxylic acids is 1. The summed E-state index contributed by atoms with van der Waals surface area (Å²) in [5.41, 5.74) is 0. The molecule has 1 rings (SSSR count). The van der Waals surface area contributed by atoms with E-state index in [0.717, 1.165) is 0 Å². The van der Waals surface area contributed by atoms with Gasteiger partial charge in [-0.25, -0.2) is 4.79 Å². The molecule has 1 amide bonds. The largest absolute Gasteiger partial charge is 0.490 e. The van der Waals surface area contributed by atoms with E-state index in [-0.39, 0.29) is 18.2 Å². The molecule has 0 aromatic heterocycles. The lowest BCUT2D eigenvalue weighted by Crippen LogP contribution is -2.42. The van der Waals surface area contributed by atoms with Gasteiger partial charge in [-0.05, 0) is 30.2 Å². The molecule has 0 aliphatic heterocycles. The summed E-state index contributed by atoms with van der Waals surface area (Å²) in [6, 6.07) is 6.91. The van der Waals surface area contributed by atoms with Gasteiger partial charge in [0.25, 0.3) is 5.91 Å². The average molecular weight is 506 g/mol. The molecular formula is C18H23ClF3NO6S2. The number of rotatable bonds is 11. The Balaban J connectivity index is 0.00000110. The number of carboxylic acids is 2. The first-order chi connectivity index (χ1) is 14.3. The van der Waals surface area contributed by atoms with E-state index in [0.29, 0.717) is 28.8 Å². The van der Waals surface area contributed by atoms with E-state index in [1.807, 2.05) is 13.8 Å². The van der Waals surface area contributed by atoms with Crippen molar-refractivity contribution in [2.75, 3.05) is 18.1 Å². The van der Waals surface area contributed by atoms with Gasteiger partial charge in [-0.1, -0.05) is 47.0 Å². The first-order valence-corrected chi connectivity index (χ1v) is 11.7. The predicted octanol–water partition coefficient (Wildman–Crippen LogP) is 4.35. The second kappa shape index (κ2) is 15.1. The van der Waals surface area contributed by atoms with Gasteiger partial charge in [0.05, 0.1) is 6.42 Å². The third-order valence-electron chi connectivity index (χ3n) is 3.15. The standard InChI is InChI=1S/C16H22ClNO4S2.C2HF3O2/c1-11(2)15(22-13-5-3-12(17)4-6-13)16(21)18-8-10-24-23-9-7-14(19)20;3-2(4,5)1(6)7/h3-6,11,15H,7-10H2,1-2H3,(H,18,21)(H,19,20);(H,6,7). The summed E-state index contributed by atoms with van der Waals surface area (Å²) in [5, 5.41) is 19.1. The average Bonchev–Trinajstić information content (AvgIpc) is 2.65. The Labute approximate surface area is 190 Å². The highest BCUT2D eigenvalue weighted by Gasteiger charge is 2.38. The second-order valence-electron chi connectivity index (χ2n) is 6.12. The van der Waals surface area contributed by atoms with E-state index in [1.54, 1.807) is 35.1 Å². The zero-order valence-corrected chi connectivity index (χ0v) is 19.0. The molecule has 0 saturated heterocycles. The summed E-state index contributed by atoms with van der Waals surface area (Å²) in [6.45, 7) is 4.37. The molecule has 0 bridgehead atoms. The number of aliphatic carboxylic acids is 2. The number of nitrogens with one attached hydrogen (secondary N) is 1. The van der Waals surface area contributed by atoms with Gasteiger partial charge in [-0.3, -0.25) is 9.59 Å². The molecule has 13 heteroatoms. The molecule has 0 heterocycles. The van der Waals surface area contributed by atoms with Gasteiger partial charge in [-0.15, -0.1) is 0 Å². The number of benzene rings is 1. The van der Waals surface area contributed by atoms with Crippen LogP contribution in [0.4, 0.5) is 13.2 Å². The number of amides is 1. The summed E-state index contributed by atoms with van der Waals surface area (Å²) in [4.78, 5) is 31.6. The highest BCUT2D eigenvalue weighted by molar-refractivity contribution is 8.76. The van der Waals surface area contributed by atoms with Crippen molar-refractivity contribution in [1.29, 1.82) is 0 Å². The van der Waals surface area contributed by atoms with Crippen molar-refractivity contribution >= 4 is 51.0 Å². The lowest BCUT2D eigenvalue weighted by atomic mass is 10.1. The first kappa shape index (κ1) is 29.2. The highest BCUT2D eigenvalue weighted by atomic mass is 35.5. The van der Waals surface area contributed by atoms with Crippen LogP contribution in [-0.4, -0.2) is 58.4 Å². The van der Waals surface area contributed by atoms with Crippen LogP contribution < -0.4 is 10.1 Å². The van der Waals surface area contributed by atoms with Crippen LogP contribution in [0.15, 0.2) is 24.3 Å². The number of halogens is 4. The molecule has 3 N–H and O–H groups in total. The van der Waals surface area contributed by atoms with Gasteiger partial charge in [0, 0.05) is 23.1 Å². The number of ether oxygens (including phenoxy) is 1. The fourth-order valence-corrected chi connectivity index (χ4v) is 3.73. The number of hydrogen-bond donors (Lipinski definition) is 3. The smallest absolute Gasteiger partial charge is 0.481 e. The molecule has 0 aliphatic carbocycles. The van der Waals surface area contributed by atoms with Crippen molar-refractivity contribution in [3.8, 4) is 5.75 Å². The fourth-order valence-electron chi connectivity index (χ4n) is 1.72. The number of carboxylic acid groups (broad SMARTS) is 2. The molecule has 0 fully saturated rings. The minimum atomic E-state index is -5.08. The lowest BCUT2D eigenvalue weighted by molar-refractivity contribution is -0.192. The van der Waals surface area contributed by atoms with E-state index >= 15 is 0 Å². The van der Waals surface area contributed by atoms with Crippen LogP contribution in [0.2, 0.25) is 5.02 Å². The second-order valence-corrected chi connectivity index (χ2v) is 9.26. The summed E-state index contributed by atoms with van der Waals surface area (Å²) in [6.07, 6.45) is -5.51. The molecule has 1 aromatic carbocycles. The first-order valence-electron chi connectivity index (χ1n) is 8.80. The van der Waals surface area contributed by atoms with Gasteiger partial charge in [0.15, 0.2) is 6.10 Å². The van der Waals surface area contributed by atoms with E-state index in [4.69, 9.17) is 31.3 Å². The zero-order valence-electron chi connectivity index (χ0n) is 16.6. The minimum Gasteiger partial charge on any atom is -0.481 e. The Morgan fingerprint density at radius 1 is 1.10 bits per heavy atom. The van der Waals surface area contributed by atoms with E-state index in [2.05, 4.69) is 5.32 Å². The zero-order chi connectivity index (χ0) is 24.0. The SMILES string of the molecule is CC(C)C(Oc1ccc(Cl)cc1)C(=O)NCCSSCCC(=O)O.O=C(O)C(F)(F)F. The van der Waals surface area contributed by atoms with Crippen molar-refractivity contribution in [3.63, 3.8) is 0 Å². The quantitative estimate of drug-likeness (QED) is 0.300. The topological polar surface area (TPSA) is 113 Å². The summed E-state index contributed by atoms with van der Waals surface area (Å²) in [5.74, 6) is -1.81. The number of alkyl halides is 3. The minimum absolute atomic E-state index is 0.0262. The van der Waals surface area contributed by atoms with Crippen LogP contribution in [0.1, 0.15) is 20.3 Å². The van der Waals surface area contributed by atoms with Crippen LogP contribution in [0, 0.1) is 5.92 Å². The fraction of sp³-hybridized carbons (Fsp3) is 0.500. The molecule has 0 aliphatic rings. The Morgan fingerprint density at radius 2 is 1.61 bits per heavy atom. The Morgan fingerprint density at radius 3 is 2.06 bits per heavy atom. The van der Waals surface area contributed by atoms with Crippen LogP contribution in [0.5, 0.6) is 5.75 Å². The molecule has 1 atom stereocenters. The third-order valence-corrected chi connectivity index (χ3v) is 5.81. The molecule has 0 saturated carbocycles. The summed E-state index contributed by atoms with van der Waals surface area (Å²) >= 11 is 5.84. The van der Waals surface area contributed by atoms with Crippen molar-refractivity contribution in [3.05, 3.63) is 29.3 Å². The van der Waals surface area contributed by atoms with Gasteiger partial charge in [0.1, 0.15) is 5.75 Å². The van der Waals surface area contributed by atoms with Crippen LogP contribution in [0.25, 0.3) is 0 Å². The van der Waals surface area contributed by atoms with E-state index < -0.39 is 24.2 Å². The normalized spacial score (nSPS) is 11.8. The van der Waals surface area contributed by atoms with Crippen LogP contribution in [0.3, 0.4) is 0 Å². The Kier molecular flexibility index (Phi) is 14.2. The molecule has 176 valence electrons. The van der Waals surface area contributed by atoms with E-state index in [1.165, 1.54) is 10.8 Å². The number of hydrogen-bond acceptors (Lipinski definition) is 6. The molecule has 1 aromatic rings. The maximum Gasteiger partial charge on any atom is 0.490 e.